The zero-order chi connectivity index (χ0) is 15.5. The molecule has 0 atom stereocenters. The number of carbonyl (C=O) groups excluding carboxylic acids is 1. The van der Waals surface area contributed by atoms with Crippen LogP contribution in [0.1, 0.15) is 10.4 Å². The van der Waals surface area contributed by atoms with E-state index in [-0.39, 0.29) is 5.91 Å². The third-order valence-corrected chi connectivity index (χ3v) is 3.44. The second-order valence-corrected chi connectivity index (χ2v) is 5.23. The first kappa shape index (κ1) is 14.0. The third-order valence-electron chi connectivity index (χ3n) is 3.44. The van der Waals surface area contributed by atoms with E-state index in [0.29, 0.717) is 5.56 Å². The second kappa shape index (κ2) is 5.81. The number of nitrogens with zero attached hydrogens (tertiary/aromatic N) is 3. The van der Waals surface area contributed by atoms with Gasteiger partial charge in [0.1, 0.15) is 0 Å². The number of carbonyl (C=O) groups is 1. The highest BCUT2D eigenvalue weighted by Gasteiger charge is 2.10. The number of amides is 1. The fraction of sp³-hybridized carbons (Fsp3) is 0.118. The van der Waals surface area contributed by atoms with Crippen molar-refractivity contribution in [3.05, 3.63) is 60.7 Å². The molecule has 3 aromatic rings. The van der Waals surface area contributed by atoms with E-state index in [1.807, 2.05) is 36.5 Å². The first-order valence-electron chi connectivity index (χ1n) is 6.91. The first-order chi connectivity index (χ1) is 10.6. The predicted octanol–water partition coefficient (Wildman–Crippen LogP) is 2.84. The van der Waals surface area contributed by atoms with Crippen molar-refractivity contribution in [2.75, 3.05) is 14.1 Å². The summed E-state index contributed by atoms with van der Waals surface area (Å²) in [7, 11) is 3.46. The van der Waals surface area contributed by atoms with Gasteiger partial charge in [-0.25, -0.2) is 0 Å². The minimum atomic E-state index is -0.0515. The third kappa shape index (κ3) is 2.74. The van der Waals surface area contributed by atoms with Crippen LogP contribution in [0.15, 0.2) is 55.1 Å². The van der Waals surface area contributed by atoms with Gasteiger partial charge in [0.25, 0.3) is 5.91 Å². The zero-order valence-electron chi connectivity index (χ0n) is 12.4. The van der Waals surface area contributed by atoms with Gasteiger partial charge in [0, 0.05) is 43.8 Å². The van der Waals surface area contributed by atoms with E-state index >= 15 is 0 Å². The van der Waals surface area contributed by atoms with Crippen LogP contribution in [0.3, 0.4) is 0 Å². The van der Waals surface area contributed by atoms with Crippen molar-refractivity contribution >= 4 is 5.91 Å². The summed E-state index contributed by atoms with van der Waals surface area (Å²) in [5.41, 5.74) is 4.66. The molecule has 0 bridgehead atoms. The largest absolute Gasteiger partial charge is 0.345 e. The Morgan fingerprint density at radius 3 is 2.23 bits per heavy atom. The molecule has 0 saturated carbocycles. The Balaban J connectivity index is 1.91. The van der Waals surface area contributed by atoms with E-state index in [1.54, 1.807) is 37.6 Å². The van der Waals surface area contributed by atoms with Crippen molar-refractivity contribution in [3.8, 4) is 22.3 Å². The van der Waals surface area contributed by atoms with Crippen molar-refractivity contribution < 1.29 is 4.79 Å². The zero-order valence-corrected chi connectivity index (χ0v) is 12.4. The molecule has 0 fully saturated rings. The molecular weight excluding hydrogens is 276 g/mol. The predicted molar refractivity (Wildman–Crippen MR) is 85.3 cm³/mol. The van der Waals surface area contributed by atoms with Gasteiger partial charge in [-0.05, 0) is 17.2 Å². The molecule has 0 saturated heterocycles. The summed E-state index contributed by atoms with van der Waals surface area (Å²) in [4.78, 5) is 17.7. The molecule has 1 amide bonds. The highest BCUT2D eigenvalue weighted by molar-refractivity contribution is 5.94. The fourth-order valence-electron chi connectivity index (χ4n) is 2.24. The topological polar surface area (TPSA) is 61.9 Å². The first-order valence-corrected chi connectivity index (χ1v) is 6.91. The van der Waals surface area contributed by atoms with Gasteiger partial charge in [0.15, 0.2) is 0 Å². The van der Waals surface area contributed by atoms with Gasteiger partial charge in [-0.15, -0.1) is 0 Å². The van der Waals surface area contributed by atoms with Crippen LogP contribution in [0.2, 0.25) is 0 Å². The Kier molecular flexibility index (Phi) is 3.70. The fourth-order valence-corrected chi connectivity index (χ4v) is 2.24. The lowest BCUT2D eigenvalue weighted by atomic mass is 10.0. The Hall–Kier alpha value is -2.95. The van der Waals surface area contributed by atoms with E-state index in [9.17, 15) is 4.79 Å². The van der Waals surface area contributed by atoms with E-state index in [4.69, 9.17) is 0 Å². The standard InChI is InChI=1S/C17H16N4O/c1-21(2)17(22)15-7-14(8-18-9-15)12-3-5-13(6-4-12)16-10-19-20-11-16/h3-11H,1-2H3,(H,19,20). The van der Waals surface area contributed by atoms with Crippen molar-refractivity contribution in [2.45, 2.75) is 0 Å². The number of H-pyrrole nitrogens is 1. The Bertz CT molecular complexity index is 777. The molecular formula is C17H16N4O. The summed E-state index contributed by atoms with van der Waals surface area (Å²) in [6.07, 6.45) is 6.99. The molecule has 5 heteroatoms. The molecule has 0 aliphatic carbocycles. The van der Waals surface area contributed by atoms with E-state index in [0.717, 1.165) is 22.3 Å². The van der Waals surface area contributed by atoms with Crippen molar-refractivity contribution in [1.29, 1.82) is 0 Å². The quantitative estimate of drug-likeness (QED) is 0.807. The molecule has 0 unspecified atom stereocenters. The number of rotatable bonds is 3. The summed E-state index contributed by atoms with van der Waals surface area (Å²) in [5.74, 6) is -0.0515. The average molecular weight is 292 g/mol. The van der Waals surface area contributed by atoms with E-state index < -0.39 is 0 Å². The molecule has 1 N–H and O–H groups in total. The van der Waals surface area contributed by atoms with Gasteiger partial charge in [-0.1, -0.05) is 24.3 Å². The minimum Gasteiger partial charge on any atom is -0.345 e. The van der Waals surface area contributed by atoms with Gasteiger partial charge < -0.3 is 4.90 Å². The van der Waals surface area contributed by atoms with Crippen LogP contribution in [-0.2, 0) is 0 Å². The molecule has 1 aromatic carbocycles. The van der Waals surface area contributed by atoms with Gasteiger partial charge in [0.05, 0.1) is 11.8 Å². The lowest BCUT2D eigenvalue weighted by molar-refractivity contribution is 0.0827. The maximum Gasteiger partial charge on any atom is 0.254 e. The number of nitrogens with one attached hydrogen (secondary N) is 1. The Morgan fingerprint density at radius 2 is 1.64 bits per heavy atom. The van der Waals surface area contributed by atoms with E-state index in [1.165, 1.54) is 0 Å². The molecule has 0 aliphatic rings. The van der Waals surface area contributed by atoms with Crippen LogP contribution in [0.5, 0.6) is 0 Å². The number of pyridine rings is 1. The van der Waals surface area contributed by atoms with Crippen LogP contribution in [0.4, 0.5) is 0 Å². The number of benzene rings is 1. The maximum atomic E-state index is 12.0. The van der Waals surface area contributed by atoms with Crippen LogP contribution in [0.25, 0.3) is 22.3 Å². The number of hydrogen-bond acceptors (Lipinski definition) is 3. The lowest BCUT2D eigenvalue weighted by Gasteiger charge is -2.11. The minimum absolute atomic E-state index is 0.0515. The molecule has 2 aromatic heterocycles. The summed E-state index contributed by atoms with van der Waals surface area (Å²) < 4.78 is 0. The molecule has 110 valence electrons. The van der Waals surface area contributed by atoms with Gasteiger partial charge in [-0.3, -0.25) is 14.9 Å². The number of aromatic amines is 1. The maximum absolute atomic E-state index is 12.0. The van der Waals surface area contributed by atoms with Crippen LogP contribution >= 0.6 is 0 Å². The van der Waals surface area contributed by atoms with Crippen LogP contribution in [-0.4, -0.2) is 40.1 Å². The van der Waals surface area contributed by atoms with Crippen molar-refractivity contribution in [1.82, 2.24) is 20.1 Å². The summed E-state index contributed by atoms with van der Waals surface area (Å²) in [6.45, 7) is 0. The molecule has 5 nitrogen and oxygen atoms in total. The van der Waals surface area contributed by atoms with Crippen LogP contribution in [0, 0.1) is 0 Å². The van der Waals surface area contributed by atoms with Gasteiger partial charge in [-0.2, -0.15) is 5.10 Å². The summed E-state index contributed by atoms with van der Waals surface area (Å²) in [6, 6.07) is 9.95. The lowest BCUT2D eigenvalue weighted by Crippen LogP contribution is -2.21. The highest BCUT2D eigenvalue weighted by atomic mass is 16.2. The van der Waals surface area contributed by atoms with E-state index in [2.05, 4.69) is 15.2 Å². The SMILES string of the molecule is CN(C)C(=O)c1cncc(-c2ccc(-c3cn[nH]c3)cc2)c1. The number of aromatic nitrogens is 3. The Morgan fingerprint density at radius 1 is 0.955 bits per heavy atom. The summed E-state index contributed by atoms with van der Waals surface area (Å²) >= 11 is 0. The second-order valence-electron chi connectivity index (χ2n) is 5.23. The summed E-state index contributed by atoms with van der Waals surface area (Å²) in [5, 5.41) is 6.75. The normalized spacial score (nSPS) is 10.5. The van der Waals surface area contributed by atoms with Crippen molar-refractivity contribution in [3.63, 3.8) is 0 Å². The van der Waals surface area contributed by atoms with Crippen LogP contribution < -0.4 is 0 Å². The van der Waals surface area contributed by atoms with Gasteiger partial charge >= 0.3 is 0 Å². The molecule has 2 heterocycles. The monoisotopic (exact) mass is 292 g/mol. The molecule has 0 spiro atoms. The molecule has 0 radical (unpaired) electrons. The number of hydrogen-bond donors (Lipinski definition) is 1. The Labute approximate surface area is 128 Å². The van der Waals surface area contributed by atoms with Gasteiger partial charge in [0.2, 0.25) is 0 Å². The molecule has 22 heavy (non-hydrogen) atoms. The molecule has 3 rings (SSSR count). The average Bonchev–Trinajstić information content (AvgIpc) is 3.09. The van der Waals surface area contributed by atoms with Crippen molar-refractivity contribution in [2.24, 2.45) is 0 Å². The highest BCUT2D eigenvalue weighted by Crippen LogP contribution is 2.24. The molecule has 0 aliphatic heterocycles. The smallest absolute Gasteiger partial charge is 0.254 e.